The minimum absolute atomic E-state index is 0.395. The van der Waals surface area contributed by atoms with Crippen molar-refractivity contribution in [3.63, 3.8) is 0 Å². The number of hydrogen-bond donors (Lipinski definition) is 0. The molecule has 1 aliphatic rings. The van der Waals surface area contributed by atoms with Crippen molar-refractivity contribution in [3.05, 3.63) is 0 Å². The van der Waals surface area contributed by atoms with E-state index in [2.05, 4.69) is 36.7 Å². The first-order valence-electron chi connectivity index (χ1n) is 6.25. The van der Waals surface area contributed by atoms with Crippen LogP contribution in [0.15, 0.2) is 0 Å². The van der Waals surface area contributed by atoms with Crippen LogP contribution in [-0.4, -0.2) is 17.5 Å². The fraction of sp³-hybridized carbons (Fsp3) is 1.00. The van der Waals surface area contributed by atoms with Crippen LogP contribution in [0.1, 0.15) is 59.3 Å². The summed E-state index contributed by atoms with van der Waals surface area (Å²) < 4.78 is 6.00. The van der Waals surface area contributed by atoms with Gasteiger partial charge in [-0.25, -0.2) is 0 Å². The third-order valence-electron chi connectivity index (χ3n) is 3.06. The topological polar surface area (TPSA) is 9.23 Å². The van der Waals surface area contributed by atoms with E-state index in [0.29, 0.717) is 16.3 Å². The van der Waals surface area contributed by atoms with Crippen molar-refractivity contribution in [2.24, 2.45) is 5.41 Å². The zero-order chi connectivity index (χ0) is 11.3. The Hall–Kier alpha value is 0.440. The SMILES string of the molecule is CC(C)(C)CCOC1CCCCCC1Br. The smallest absolute Gasteiger partial charge is 0.0700 e. The maximum absolute atomic E-state index is 6.00. The van der Waals surface area contributed by atoms with Crippen molar-refractivity contribution in [2.45, 2.75) is 70.2 Å². The summed E-state index contributed by atoms with van der Waals surface area (Å²) in [6.45, 7) is 7.73. The van der Waals surface area contributed by atoms with Crippen LogP contribution in [0.5, 0.6) is 0 Å². The van der Waals surface area contributed by atoms with Gasteiger partial charge in [0, 0.05) is 11.4 Å². The lowest BCUT2D eigenvalue weighted by Crippen LogP contribution is -2.24. The molecule has 2 atom stereocenters. The predicted octanol–water partition coefficient (Wildman–Crippen LogP) is 4.54. The minimum atomic E-state index is 0.395. The molecule has 1 fully saturated rings. The highest BCUT2D eigenvalue weighted by Gasteiger charge is 2.22. The molecule has 1 saturated carbocycles. The van der Waals surface area contributed by atoms with Gasteiger partial charge in [0.05, 0.1) is 6.10 Å². The molecule has 0 saturated heterocycles. The number of ether oxygens (including phenoxy) is 1. The standard InChI is InChI=1S/C13H25BrO/c1-13(2,3)9-10-15-12-8-6-4-5-7-11(12)14/h11-12H,4-10H2,1-3H3. The Morgan fingerprint density at radius 1 is 1.13 bits per heavy atom. The second-order valence-corrected chi connectivity index (χ2v) is 7.05. The molecular weight excluding hydrogens is 252 g/mol. The van der Waals surface area contributed by atoms with Gasteiger partial charge in [-0.1, -0.05) is 56.0 Å². The first kappa shape index (κ1) is 13.5. The normalized spacial score (nSPS) is 28.8. The zero-order valence-electron chi connectivity index (χ0n) is 10.4. The molecule has 0 N–H and O–H groups in total. The van der Waals surface area contributed by atoms with Gasteiger partial charge < -0.3 is 4.74 Å². The van der Waals surface area contributed by atoms with Gasteiger partial charge >= 0.3 is 0 Å². The quantitative estimate of drug-likeness (QED) is 0.543. The van der Waals surface area contributed by atoms with Gasteiger partial charge in [0.25, 0.3) is 0 Å². The Morgan fingerprint density at radius 3 is 2.47 bits per heavy atom. The van der Waals surface area contributed by atoms with Crippen LogP contribution in [-0.2, 0) is 4.74 Å². The largest absolute Gasteiger partial charge is 0.377 e. The van der Waals surface area contributed by atoms with E-state index >= 15 is 0 Å². The van der Waals surface area contributed by atoms with Crippen LogP contribution in [0, 0.1) is 5.41 Å². The predicted molar refractivity (Wildman–Crippen MR) is 69.6 cm³/mol. The molecule has 0 radical (unpaired) electrons. The monoisotopic (exact) mass is 276 g/mol. The lowest BCUT2D eigenvalue weighted by atomic mass is 9.93. The second kappa shape index (κ2) is 6.24. The summed E-state index contributed by atoms with van der Waals surface area (Å²) in [7, 11) is 0. The van der Waals surface area contributed by atoms with Crippen molar-refractivity contribution in [2.75, 3.05) is 6.61 Å². The summed E-state index contributed by atoms with van der Waals surface area (Å²) in [6, 6.07) is 0. The molecule has 0 spiro atoms. The Bertz CT molecular complexity index is 174. The van der Waals surface area contributed by atoms with E-state index in [1.807, 2.05) is 0 Å². The minimum Gasteiger partial charge on any atom is -0.377 e. The van der Waals surface area contributed by atoms with Crippen LogP contribution < -0.4 is 0 Å². The van der Waals surface area contributed by atoms with E-state index in [-0.39, 0.29) is 0 Å². The van der Waals surface area contributed by atoms with Crippen molar-refractivity contribution in [1.29, 1.82) is 0 Å². The molecule has 0 amide bonds. The number of alkyl halides is 1. The van der Waals surface area contributed by atoms with Gasteiger partial charge in [0.2, 0.25) is 0 Å². The highest BCUT2D eigenvalue weighted by atomic mass is 79.9. The van der Waals surface area contributed by atoms with E-state index < -0.39 is 0 Å². The summed E-state index contributed by atoms with van der Waals surface area (Å²) in [5.74, 6) is 0. The van der Waals surface area contributed by atoms with Gasteiger partial charge in [-0.2, -0.15) is 0 Å². The van der Waals surface area contributed by atoms with E-state index in [1.54, 1.807) is 0 Å². The van der Waals surface area contributed by atoms with Crippen molar-refractivity contribution in [1.82, 2.24) is 0 Å². The summed E-state index contributed by atoms with van der Waals surface area (Å²) >= 11 is 3.76. The van der Waals surface area contributed by atoms with E-state index in [1.165, 1.54) is 32.1 Å². The van der Waals surface area contributed by atoms with E-state index in [4.69, 9.17) is 4.74 Å². The molecule has 2 heteroatoms. The van der Waals surface area contributed by atoms with Crippen molar-refractivity contribution >= 4 is 15.9 Å². The maximum atomic E-state index is 6.00. The van der Waals surface area contributed by atoms with Crippen LogP contribution in [0.2, 0.25) is 0 Å². The summed E-state index contributed by atoms with van der Waals surface area (Å²) in [5, 5.41) is 0. The molecule has 0 aromatic heterocycles. The van der Waals surface area contributed by atoms with Crippen LogP contribution in [0.25, 0.3) is 0 Å². The van der Waals surface area contributed by atoms with Gasteiger partial charge in [0.15, 0.2) is 0 Å². The van der Waals surface area contributed by atoms with Gasteiger partial charge in [0.1, 0.15) is 0 Å². The van der Waals surface area contributed by atoms with Gasteiger partial charge in [-0.15, -0.1) is 0 Å². The van der Waals surface area contributed by atoms with Gasteiger partial charge in [-0.05, 0) is 24.7 Å². The molecule has 0 bridgehead atoms. The Morgan fingerprint density at radius 2 is 1.80 bits per heavy atom. The highest BCUT2D eigenvalue weighted by molar-refractivity contribution is 9.09. The molecule has 1 rings (SSSR count). The average Bonchev–Trinajstić information content (AvgIpc) is 2.30. The molecule has 0 aliphatic heterocycles. The zero-order valence-corrected chi connectivity index (χ0v) is 12.0. The highest BCUT2D eigenvalue weighted by Crippen LogP contribution is 2.27. The number of halogens is 1. The summed E-state index contributed by atoms with van der Waals surface area (Å²) in [6.07, 6.45) is 8.19. The summed E-state index contributed by atoms with van der Waals surface area (Å²) in [4.78, 5) is 0.583. The molecule has 0 aromatic carbocycles. The molecule has 0 aromatic rings. The van der Waals surface area contributed by atoms with Crippen LogP contribution in [0.3, 0.4) is 0 Å². The molecule has 1 aliphatic carbocycles. The number of rotatable bonds is 3. The first-order chi connectivity index (χ1) is 6.99. The fourth-order valence-electron chi connectivity index (χ4n) is 1.93. The van der Waals surface area contributed by atoms with Crippen LogP contribution >= 0.6 is 15.9 Å². The average molecular weight is 277 g/mol. The van der Waals surface area contributed by atoms with E-state index in [9.17, 15) is 0 Å². The Labute approximate surface area is 103 Å². The molecular formula is C13H25BrO. The Kier molecular flexibility index (Phi) is 5.62. The van der Waals surface area contributed by atoms with Gasteiger partial charge in [-0.3, -0.25) is 0 Å². The lowest BCUT2D eigenvalue weighted by molar-refractivity contribution is 0.0336. The maximum Gasteiger partial charge on any atom is 0.0700 e. The first-order valence-corrected chi connectivity index (χ1v) is 7.16. The van der Waals surface area contributed by atoms with Crippen molar-refractivity contribution < 1.29 is 4.74 Å². The fourth-order valence-corrected chi connectivity index (χ4v) is 2.67. The van der Waals surface area contributed by atoms with Crippen LogP contribution in [0.4, 0.5) is 0 Å². The van der Waals surface area contributed by atoms with E-state index in [0.717, 1.165) is 13.0 Å². The third-order valence-corrected chi connectivity index (χ3v) is 4.10. The second-order valence-electron chi connectivity index (χ2n) is 5.87. The summed E-state index contributed by atoms with van der Waals surface area (Å²) in [5.41, 5.74) is 0.395. The van der Waals surface area contributed by atoms with Crippen molar-refractivity contribution in [3.8, 4) is 0 Å². The molecule has 15 heavy (non-hydrogen) atoms. The molecule has 2 unspecified atom stereocenters. The molecule has 1 nitrogen and oxygen atoms in total. The lowest BCUT2D eigenvalue weighted by Gasteiger charge is -2.24. The number of hydrogen-bond acceptors (Lipinski definition) is 1. The molecule has 90 valence electrons. The third kappa shape index (κ3) is 5.91. The Balaban J connectivity index is 2.23. The molecule has 0 heterocycles.